The third-order valence-electron chi connectivity index (χ3n) is 2.96. The van der Waals surface area contributed by atoms with Crippen LogP contribution in [0.5, 0.6) is 0 Å². The van der Waals surface area contributed by atoms with Gasteiger partial charge in [-0.25, -0.2) is 0 Å². The first kappa shape index (κ1) is 21.3. The number of Topliss-reactive ketones (excluding diaryl/α,β-unsaturated/α-hetero) is 1. The number of hydrogen-bond acceptors (Lipinski definition) is 6. The van der Waals surface area contributed by atoms with Crippen LogP contribution in [0.15, 0.2) is 5.11 Å². The molecule has 2 N–H and O–H groups in total. The lowest BCUT2D eigenvalue weighted by Gasteiger charge is -2.16. The molecule has 9 nitrogen and oxygen atoms in total. The van der Waals surface area contributed by atoms with Crippen LogP contribution in [0.1, 0.15) is 25.7 Å². The molecule has 0 aromatic rings. The van der Waals surface area contributed by atoms with Gasteiger partial charge in [-0.05, 0) is 18.4 Å². The number of ketones is 1. The normalized spacial score (nSPS) is 10.2. The molecule has 0 saturated carbocycles. The summed E-state index contributed by atoms with van der Waals surface area (Å²) in [7, 11) is 1.60. The summed E-state index contributed by atoms with van der Waals surface area (Å²) in [5.74, 6) is -0.131. The lowest BCUT2D eigenvalue weighted by atomic mass is 10.1. The van der Waals surface area contributed by atoms with Crippen molar-refractivity contribution in [1.82, 2.24) is 4.90 Å². The van der Waals surface area contributed by atoms with Crippen LogP contribution in [-0.4, -0.2) is 69.7 Å². The molecule has 1 amide bonds. The summed E-state index contributed by atoms with van der Waals surface area (Å²) in [6.07, 6.45) is 1.95. The molecular formula is C14H27N5O4. The van der Waals surface area contributed by atoms with E-state index in [2.05, 4.69) is 10.0 Å². The molecule has 0 aromatic carbocycles. The molecule has 0 atom stereocenters. The number of ether oxygens (including phenoxy) is 2. The van der Waals surface area contributed by atoms with Crippen molar-refractivity contribution in [1.29, 1.82) is 0 Å². The molecular weight excluding hydrogens is 302 g/mol. The number of nitrogens with zero attached hydrogens (tertiary/aromatic N) is 4. The van der Waals surface area contributed by atoms with Crippen LogP contribution in [0.25, 0.3) is 10.4 Å². The second kappa shape index (κ2) is 15.2. The summed E-state index contributed by atoms with van der Waals surface area (Å²) in [6, 6.07) is 0. The van der Waals surface area contributed by atoms with Gasteiger partial charge in [-0.2, -0.15) is 0 Å². The van der Waals surface area contributed by atoms with Gasteiger partial charge in [-0.15, -0.1) is 0 Å². The highest BCUT2D eigenvalue weighted by molar-refractivity contribution is 5.85. The lowest BCUT2D eigenvalue weighted by molar-refractivity contribution is -0.135. The van der Waals surface area contributed by atoms with Crippen LogP contribution < -0.4 is 5.73 Å². The van der Waals surface area contributed by atoms with E-state index < -0.39 is 0 Å². The van der Waals surface area contributed by atoms with Crippen molar-refractivity contribution >= 4 is 11.7 Å². The highest BCUT2D eigenvalue weighted by atomic mass is 16.5. The van der Waals surface area contributed by atoms with E-state index in [1.165, 1.54) is 4.90 Å². The number of carbonyl (C=O) groups is 2. The first-order chi connectivity index (χ1) is 11.1. The van der Waals surface area contributed by atoms with Crippen molar-refractivity contribution in [2.24, 2.45) is 10.8 Å². The summed E-state index contributed by atoms with van der Waals surface area (Å²) in [6.45, 7) is 2.63. The third kappa shape index (κ3) is 13.7. The molecule has 0 aliphatic carbocycles. The number of unbranched alkanes of at least 4 members (excludes halogenated alkanes) is 1. The van der Waals surface area contributed by atoms with Crippen molar-refractivity contribution in [3.8, 4) is 0 Å². The SMILES string of the molecule is CN(CC(=O)CCCCN=[N+]=[N-])C(=O)CCOCCOCCN. The average molecular weight is 329 g/mol. The maximum Gasteiger partial charge on any atom is 0.225 e. The van der Waals surface area contributed by atoms with Gasteiger partial charge in [-0.3, -0.25) is 9.59 Å². The van der Waals surface area contributed by atoms with Gasteiger partial charge in [0.25, 0.3) is 0 Å². The molecule has 132 valence electrons. The van der Waals surface area contributed by atoms with E-state index in [1.54, 1.807) is 7.05 Å². The zero-order valence-corrected chi connectivity index (χ0v) is 13.8. The van der Waals surface area contributed by atoms with Crippen LogP contribution in [0.4, 0.5) is 0 Å². The van der Waals surface area contributed by atoms with Crippen LogP contribution >= 0.6 is 0 Å². The first-order valence-electron chi connectivity index (χ1n) is 7.74. The van der Waals surface area contributed by atoms with Crippen molar-refractivity contribution < 1.29 is 19.1 Å². The summed E-state index contributed by atoms with van der Waals surface area (Å²) >= 11 is 0. The summed E-state index contributed by atoms with van der Waals surface area (Å²) in [4.78, 5) is 27.6. The predicted octanol–water partition coefficient (Wildman–Crippen LogP) is 0.877. The van der Waals surface area contributed by atoms with E-state index in [0.717, 1.165) is 0 Å². The lowest BCUT2D eigenvalue weighted by Crippen LogP contribution is -2.32. The zero-order chi connectivity index (χ0) is 17.3. The minimum absolute atomic E-state index is 0.00195. The Morgan fingerprint density at radius 3 is 2.48 bits per heavy atom. The molecule has 0 bridgehead atoms. The Balaban J connectivity index is 3.63. The average Bonchev–Trinajstić information content (AvgIpc) is 2.53. The van der Waals surface area contributed by atoms with Crippen LogP contribution in [0, 0.1) is 0 Å². The number of amides is 1. The minimum Gasteiger partial charge on any atom is -0.379 e. The van der Waals surface area contributed by atoms with Gasteiger partial charge < -0.3 is 20.1 Å². The number of azide groups is 1. The van der Waals surface area contributed by atoms with Crippen molar-refractivity contribution in [3.63, 3.8) is 0 Å². The first-order valence-corrected chi connectivity index (χ1v) is 7.74. The molecule has 0 heterocycles. The molecule has 0 aliphatic heterocycles. The second-order valence-corrected chi connectivity index (χ2v) is 4.96. The second-order valence-electron chi connectivity index (χ2n) is 4.96. The fourth-order valence-corrected chi connectivity index (χ4v) is 1.74. The van der Waals surface area contributed by atoms with Crippen LogP contribution in [0.3, 0.4) is 0 Å². The van der Waals surface area contributed by atoms with Gasteiger partial charge in [0, 0.05) is 31.5 Å². The molecule has 0 aromatic heterocycles. The van der Waals surface area contributed by atoms with Crippen molar-refractivity contribution in [2.75, 3.05) is 53.1 Å². The predicted molar refractivity (Wildman–Crippen MR) is 85.8 cm³/mol. The molecule has 9 heteroatoms. The molecule has 0 radical (unpaired) electrons. The third-order valence-corrected chi connectivity index (χ3v) is 2.96. The topological polar surface area (TPSA) is 131 Å². The monoisotopic (exact) mass is 329 g/mol. The standard InChI is InChI=1S/C14H27N5O4/c1-19(12-13(20)4-2-3-7-17-18-16)14(21)5-8-22-10-11-23-9-6-15/h2-12,15H2,1H3. The van der Waals surface area contributed by atoms with Gasteiger partial charge >= 0.3 is 0 Å². The fraction of sp³-hybridized carbons (Fsp3) is 0.857. The van der Waals surface area contributed by atoms with E-state index >= 15 is 0 Å². The quantitative estimate of drug-likeness (QED) is 0.206. The van der Waals surface area contributed by atoms with E-state index in [0.29, 0.717) is 58.8 Å². The minimum atomic E-state index is -0.129. The molecule has 0 fully saturated rings. The summed E-state index contributed by atoms with van der Waals surface area (Å²) in [5, 5.41) is 3.40. The van der Waals surface area contributed by atoms with Gasteiger partial charge in [0.05, 0.1) is 39.4 Å². The Hall–Kier alpha value is -1.67. The molecule has 0 aliphatic rings. The number of likely N-dealkylation sites (N-methyl/N-ethyl adjacent to an activating group) is 1. The van der Waals surface area contributed by atoms with Gasteiger partial charge in [0.15, 0.2) is 5.78 Å². The van der Waals surface area contributed by atoms with Gasteiger partial charge in [-0.1, -0.05) is 5.11 Å². The van der Waals surface area contributed by atoms with Crippen molar-refractivity contribution in [2.45, 2.75) is 25.7 Å². The Morgan fingerprint density at radius 2 is 1.83 bits per heavy atom. The summed E-state index contributed by atoms with van der Waals surface area (Å²) < 4.78 is 10.4. The highest BCUT2D eigenvalue weighted by Crippen LogP contribution is 2.00. The molecule has 23 heavy (non-hydrogen) atoms. The van der Waals surface area contributed by atoms with E-state index in [1.807, 2.05) is 0 Å². The number of rotatable bonds is 15. The maximum atomic E-state index is 11.8. The number of carbonyl (C=O) groups excluding carboxylic acids is 2. The fourth-order valence-electron chi connectivity index (χ4n) is 1.74. The van der Waals surface area contributed by atoms with Crippen LogP contribution in [0.2, 0.25) is 0 Å². The summed E-state index contributed by atoms with van der Waals surface area (Å²) in [5.41, 5.74) is 13.4. The highest BCUT2D eigenvalue weighted by Gasteiger charge is 2.12. The Morgan fingerprint density at radius 1 is 1.13 bits per heavy atom. The number of nitrogens with two attached hydrogens (primary N) is 1. The molecule has 0 rings (SSSR count). The largest absolute Gasteiger partial charge is 0.379 e. The van der Waals surface area contributed by atoms with E-state index in [-0.39, 0.29) is 24.7 Å². The number of hydrogen-bond donors (Lipinski definition) is 1. The maximum absolute atomic E-state index is 11.8. The van der Waals surface area contributed by atoms with E-state index in [4.69, 9.17) is 20.7 Å². The Labute approximate surface area is 136 Å². The van der Waals surface area contributed by atoms with Crippen molar-refractivity contribution in [3.05, 3.63) is 10.4 Å². The molecule has 0 saturated heterocycles. The Bertz CT molecular complexity index is 385. The van der Waals surface area contributed by atoms with E-state index in [9.17, 15) is 9.59 Å². The smallest absolute Gasteiger partial charge is 0.225 e. The zero-order valence-electron chi connectivity index (χ0n) is 13.8. The molecule has 0 spiro atoms. The Kier molecular flexibility index (Phi) is 14.1. The van der Waals surface area contributed by atoms with Gasteiger partial charge in [0.1, 0.15) is 0 Å². The van der Waals surface area contributed by atoms with Gasteiger partial charge in [0.2, 0.25) is 5.91 Å². The van der Waals surface area contributed by atoms with Crippen LogP contribution in [-0.2, 0) is 19.1 Å². The molecule has 0 unspecified atom stereocenters.